The van der Waals surface area contributed by atoms with E-state index >= 15 is 0 Å². The maximum Gasteiger partial charge on any atom is 0.573 e. The lowest BCUT2D eigenvalue weighted by atomic mass is 10.2. The number of ether oxygens (including phenoxy) is 2. The zero-order valence-corrected chi connectivity index (χ0v) is 8.47. The summed E-state index contributed by atoms with van der Waals surface area (Å²) in [4.78, 5) is 0. The molecule has 0 aromatic heterocycles. The van der Waals surface area contributed by atoms with E-state index in [1.165, 1.54) is 12.1 Å². The quantitative estimate of drug-likeness (QED) is 0.743. The lowest BCUT2D eigenvalue weighted by molar-refractivity contribution is -0.275. The Morgan fingerprint density at radius 2 is 2.00 bits per heavy atom. The third-order valence-electron chi connectivity index (χ3n) is 1.64. The Kier molecular flexibility index (Phi) is 3.67. The molecule has 0 radical (unpaired) electrons. The van der Waals surface area contributed by atoms with Gasteiger partial charge in [0.1, 0.15) is 0 Å². The fraction of sp³-hybridized carbons (Fsp3) is 0.273. The number of halogens is 3. The Morgan fingerprint density at radius 3 is 2.50 bits per heavy atom. The molecular formula is C11H9F3O2. The van der Waals surface area contributed by atoms with Crippen LogP contribution in [0.2, 0.25) is 0 Å². The first-order valence-corrected chi connectivity index (χ1v) is 4.45. The summed E-state index contributed by atoms with van der Waals surface area (Å²) in [7, 11) is 0. The molecule has 0 aliphatic carbocycles. The summed E-state index contributed by atoms with van der Waals surface area (Å²) in [5, 5.41) is 0. The van der Waals surface area contributed by atoms with E-state index in [2.05, 4.69) is 10.7 Å². The van der Waals surface area contributed by atoms with Gasteiger partial charge in [-0.2, -0.15) is 0 Å². The molecule has 1 aromatic rings. The van der Waals surface area contributed by atoms with Gasteiger partial charge in [-0.3, -0.25) is 0 Å². The second-order valence-corrected chi connectivity index (χ2v) is 2.79. The number of hydrogen-bond donors (Lipinski definition) is 0. The SMILES string of the molecule is C#Cc1ccc(OC(F)(F)F)c(OCC)c1. The van der Waals surface area contributed by atoms with Crippen LogP contribution in [-0.2, 0) is 0 Å². The van der Waals surface area contributed by atoms with Gasteiger partial charge in [0.2, 0.25) is 0 Å². The van der Waals surface area contributed by atoms with Crippen molar-refractivity contribution in [2.45, 2.75) is 13.3 Å². The summed E-state index contributed by atoms with van der Waals surface area (Å²) in [5.41, 5.74) is 0.429. The van der Waals surface area contributed by atoms with Crippen LogP contribution >= 0.6 is 0 Å². The number of alkyl halides is 3. The Hall–Kier alpha value is -1.83. The normalized spacial score (nSPS) is 10.7. The monoisotopic (exact) mass is 230 g/mol. The van der Waals surface area contributed by atoms with Crippen LogP contribution in [-0.4, -0.2) is 13.0 Å². The van der Waals surface area contributed by atoms with Crippen molar-refractivity contribution in [2.24, 2.45) is 0 Å². The van der Waals surface area contributed by atoms with Crippen LogP contribution in [0.3, 0.4) is 0 Å². The van der Waals surface area contributed by atoms with E-state index in [1.807, 2.05) is 0 Å². The molecule has 0 saturated carbocycles. The van der Waals surface area contributed by atoms with Crippen LogP contribution < -0.4 is 9.47 Å². The smallest absolute Gasteiger partial charge is 0.490 e. The molecule has 0 unspecified atom stereocenters. The third kappa shape index (κ3) is 3.39. The molecule has 0 atom stereocenters. The summed E-state index contributed by atoms with van der Waals surface area (Å²) in [6.45, 7) is 1.88. The summed E-state index contributed by atoms with van der Waals surface area (Å²) in [5.74, 6) is 1.89. The van der Waals surface area contributed by atoms with Crippen LogP contribution in [0.5, 0.6) is 11.5 Å². The average Bonchev–Trinajstić information content (AvgIpc) is 2.19. The lowest BCUT2D eigenvalue weighted by Gasteiger charge is -2.13. The summed E-state index contributed by atoms with van der Waals surface area (Å²) >= 11 is 0. The highest BCUT2D eigenvalue weighted by molar-refractivity contribution is 5.47. The van der Waals surface area contributed by atoms with Crippen molar-refractivity contribution in [2.75, 3.05) is 6.61 Å². The molecule has 0 amide bonds. The van der Waals surface area contributed by atoms with Gasteiger partial charge in [-0.15, -0.1) is 19.6 Å². The predicted octanol–water partition coefficient (Wildman–Crippen LogP) is 2.97. The van der Waals surface area contributed by atoms with E-state index in [0.717, 1.165) is 6.07 Å². The first kappa shape index (κ1) is 12.2. The van der Waals surface area contributed by atoms with Gasteiger partial charge < -0.3 is 9.47 Å². The molecule has 5 heteroatoms. The van der Waals surface area contributed by atoms with Gasteiger partial charge in [-0.25, -0.2) is 0 Å². The fourth-order valence-electron chi connectivity index (χ4n) is 1.08. The first-order chi connectivity index (χ1) is 7.46. The first-order valence-electron chi connectivity index (χ1n) is 4.45. The van der Waals surface area contributed by atoms with Crippen LogP contribution in [0.15, 0.2) is 18.2 Å². The van der Waals surface area contributed by atoms with E-state index in [-0.39, 0.29) is 12.4 Å². The van der Waals surface area contributed by atoms with Gasteiger partial charge >= 0.3 is 6.36 Å². The third-order valence-corrected chi connectivity index (χ3v) is 1.64. The van der Waals surface area contributed by atoms with Crippen molar-refractivity contribution in [1.29, 1.82) is 0 Å². The Labute approximate surface area is 91.0 Å². The van der Waals surface area contributed by atoms with Gasteiger partial charge in [-0.05, 0) is 25.1 Å². The minimum atomic E-state index is -4.75. The Bertz CT molecular complexity index is 405. The largest absolute Gasteiger partial charge is 0.573 e. The zero-order chi connectivity index (χ0) is 12.2. The molecule has 0 aliphatic rings. The van der Waals surface area contributed by atoms with Crippen molar-refractivity contribution in [3.8, 4) is 23.8 Å². The number of benzene rings is 1. The summed E-state index contributed by atoms with van der Waals surface area (Å²) in [6.07, 6.45) is 0.377. The van der Waals surface area contributed by atoms with Gasteiger partial charge in [-0.1, -0.05) is 5.92 Å². The van der Waals surface area contributed by atoms with Gasteiger partial charge in [0.25, 0.3) is 0 Å². The van der Waals surface area contributed by atoms with Gasteiger partial charge in [0.15, 0.2) is 11.5 Å². The maximum atomic E-state index is 12.0. The standard InChI is InChI=1S/C11H9F3O2/c1-3-8-5-6-9(16-11(12,13)14)10(7-8)15-4-2/h1,5-7H,4H2,2H3. The molecule has 16 heavy (non-hydrogen) atoms. The summed E-state index contributed by atoms with van der Waals surface area (Å²) in [6, 6.07) is 3.81. The van der Waals surface area contributed by atoms with Crippen LogP contribution in [0, 0.1) is 12.3 Å². The Morgan fingerprint density at radius 1 is 1.31 bits per heavy atom. The molecule has 2 nitrogen and oxygen atoms in total. The highest BCUT2D eigenvalue weighted by Gasteiger charge is 2.32. The van der Waals surface area contributed by atoms with E-state index in [4.69, 9.17) is 11.2 Å². The van der Waals surface area contributed by atoms with Crippen molar-refractivity contribution >= 4 is 0 Å². The van der Waals surface area contributed by atoms with Crippen LogP contribution in [0.25, 0.3) is 0 Å². The molecular weight excluding hydrogens is 221 g/mol. The lowest BCUT2D eigenvalue weighted by Crippen LogP contribution is -2.17. The number of hydrogen-bond acceptors (Lipinski definition) is 2. The van der Waals surface area contributed by atoms with E-state index in [0.29, 0.717) is 5.56 Å². The molecule has 0 aliphatic heterocycles. The van der Waals surface area contributed by atoms with Crippen LogP contribution in [0.1, 0.15) is 12.5 Å². The van der Waals surface area contributed by atoms with Crippen molar-refractivity contribution < 1.29 is 22.6 Å². The van der Waals surface area contributed by atoms with Crippen molar-refractivity contribution in [3.63, 3.8) is 0 Å². The maximum absolute atomic E-state index is 12.0. The molecule has 0 spiro atoms. The highest BCUT2D eigenvalue weighted by atomic mass is 19.4. The van der Waals surface area contributed by atoms with Crippen LogP contribution in [0.4, 0.5) is 13.2 Å². The van der Waals surface area contributed by atoms with Crippen molar-refractivity contribution in [1.82, 2.24) is 0 Å². The molecule has 0 bridgehead atoms. The molecule has 0 N–H and O–H groups in total. The van der Waals surface area contributed by atoms with E-state index < -0.39 is 12.1 Å². The topological polar surface area (TPSA) is 18.5 Å². The van der Waals surface area contributed by atoms with E-state index in [9.17, 15) is 13.2 Å². The molecule has 0 saturated heterocycles. The molecule has 1 aromatic carbocycles. The average molecular weight is 230 g/mol. The van der Waals surface area contributed by atoms with Gasteiger partial charge in [0.05, 0.1) is 6.61 Å². The number of terminal acetylenes is 1. The van der Waals surface area contributed by atoms with Gasteiger partial charge in [0, 0.05) is 5.56 Å². The Balaban J connectivity index is 3.04. The summed E-state index contributed by atoms with van der Waals surface area (Å²) < 4.78 is 44.9. The minimum Gasteiger partial charge on any atom is -0.490 e. The second-order valence-electron chi connectivity index (χ2n) is 2.79. The van der Waals surface area contributed by atoms with E-state index in [1.54, 1.807) is 6.92 Å². The van der Waals surface area contributed by atoms with Crippen molar-refractivity contribution in [3.05, 3.63) is 23.8 Å². The fourth-order valence-corrected chi connectivity index (χ4v) is 1.08. The predicted molar refractivity (Wildman–Crippen MR) is 52.2 cm³/mol. The number of rotatable bonds is 3. The molecule has 1 rings (SSSR count). The minimum absolute atomic E-state index is 0.0183. The molecule has 0 fully saturated rings. The second kappa shape index (κ2) is 4.79. The highest BCUT2D eigenvalue weighted by Crippen LogP contribution is 2.32. The molecule has 86 valence electrons. The molecule has 0 heterocycles. The zero-order valence-electron chi connectivity index (χ0n) is 8.47.